The largest absolute Gasteiger partial charge is 0.465 e. The van der Waals surface area contributed by atoms with E-state index in [4.69, 9.17) is 21.7 Å². The average molecular weight is 463 g/mol. The van der Waals surface area contributed by atoms with Crippen LogP contribution in [0.15, 0.2) is 41.5 Å². The number of carboxylic acid groups (broad SMARTS) is 1. The minimum absolute atomic E-state index is 0.0731. The number of nitrogens with zero attached hydrogens (tertiary/aromatic N) is 2. The molecule has 162 valence electrons. The second kappa shape index (κ2) is 8.84. The van der Waals surface area contributed by atoms with E-state index >= 15 is 4.39 Å². The Balaban J connectivity index is 1.69. The van der Waals surface area contributed by atoms with Gasteiger partial charge in [0.1, 0.15) is 11.5 Å². The van der Waals surface area contributed by atoms with Crippen LogP contribution in [0, 0.1) is 11.7 Å². The van der Waals surface area contributed by atoms with Gasteiger partial charge in [-0.2, -0.15) is 0 Å². The van der Waals surface area contributed by atoms with E-state index in [2.05, 4.69) is 15.6 Å². The van der Waals surface area contributed by atoms with Gasteiger partial charge in [-0.3, -0.25) is 15.1 Å². The molecule has 31 heavy (non-hydrogen) atoms. The van der Waals surface area contributed by atoms with Gasteiger partial charge in [0.05, 0.1) is 10.6 Å². The van der Waals surface area contributed by atoms with Gasteiger partial charge in [-0.1, -0.05) is 36.2 Å². The molecule has 2 amide bonds. The molecule has 0 bridgehead atoms. The molecule has 1 fully saturated rings. The molecule has 1 aromatic carbocycles. The van der Waals surface area contributed by atoms with E-state index in [9.17, 15) is 9.59 Å². The molecule has 1 saturated carbocycles. The Hall–Kier alpha value is -2.65. The predicted octanol–water partition coefficient (Wildman–Crippen LogP) is 4.88. The molecule has 1 aliphatic carbocycles. The molecule has 2 atom stereocenters. The Bertz CT molecular complexity index is 1050. The molecule has 0 radical (unpaired) electrons. The fourth-order valence-electron chi connectivity index (χ4n) is 4.20. The Kier molecular flexibility index (Phi) is 6.15. The van der Waals surface area contributed by atoms with Crippen LogP contribution < -0.4 is 10.6 Å². The number of carbonyl (C=O) groups excluding carboxylic acids is 1. The molecule has 7 nitrogen and oxygen atoms in total. The highest BCUT2D eigenvalue weighted by molar-refractivity contribution is 8.13. The third-order valence-electron chi connectivity index (χ3n) is 5.62. The van der Waals surface area contributed by atoms with E-state index in [1.165, 1.54) is 36.2 Å². The summed E-state index contributed by atoms with van der Waals surface area (Å²) in [7, 11) is 0. The van der Waals surface area contributed by atoms with Crippen LogP contribution in [0.5, 0.6) is 0 Å². The smallest absolute Gasteiger partial charge is 0.410 e. The molecule has 0 unspecified atom stereocenters. The lowest BCUT2D eigenvalue weighted by Crippen LogP contribution is -2.44. The number of amides is 2. The number of aliphatic imine (C=N–C) groups is 1. The number of amidine groups is 1. The Morgan fingerprint density at radius 2 is 2.06 bits per heavy atom. The highest BCUT2D eigenvalue weighted by Gasteiger charge is 2.46. The second-order valence-electron chi connectivity index (χ2n) is 7.54. The lowest BCUT2D eigenvalue weighted by Gasteiger charge is -2.44. The van der Waals surface area contributed by atoms with Crippen LogP contribution in [0.25, 0.3) is 0 Å². The van der Waals surface area contributed by atoms with Gasteiger partial charge < -0.3 is 10.4 Å². The zero-order valence-electron chi connectivity index (χ0n) is 16.4. The van der Waals surface area contributed by atoms with Crippen molar-refractivity contribution in [2.75, 3.05) is 11.1 Å². The van der Waals surface area contributed by atoms with Crippen molar-refractivity contribution in [3.8, 4) is 0 Å². The van der Waals surface area contributed by atoms with E-state index in [1.54, 1.807) is 12.1 Å². The van der Waals surface area contributed by atoms with E-state index in [0.717, 1.165) is 19.3 Å². The topological polar surface area (TPSA) is 104 Å². The fourth-order valence-corrected chi connectivity index (χ4v) is 5.50. The fraction of sp³-hybridized carbons (Fsp3) is 0.333. The van der Waals surface area contributed by atoms with E-state index < -0.39 is 23.4 Å². The van der Waals surface area contributed by atoms with Crippen molar-refractivity contribution in [2.45, 2.75) is 31.2 Å². The van der Waals surface area contributed by atoms with Gasteiger partial charge in [-0.05, 0) is 49.1 Å². The summed E-state index contributed by atoms with van der Waals surface area (Å²) in [6.45, 7) is 0. The third-order valence-corrected chi connectivity index (χ3v) is 6.88. The lowest BCUT2D eigenvalue weighted by atomic mass is 9.69. The zero-order valence-corrected chi connectivity index (χ0v) is 18.0. The first kappa shape index (κ1) is 21.6. The number of hydrogen-bond donors (Lipinski definition) is 3. The number of benzene rings is 1. The molecule has 4 rings (SSSR count). The normalized spacial score (nSPS) is 22.8. The summed E-state index contributed by atoms with van der Waals surface area (Å²) in [5, 5.41) is 14.9. The highest BCUT2D eigenvalue weighted by Crippen LogP contribution is 2.50. The van der Waals surface area contributed by atoms with Gasteiger partial charge >= 0.3 is 6.09 Å². The number of nitrogens with one attached hydrogen (secondary N) is 2. The molecule has 2 aliphatic rings. The molecule has 3 N–H and O–H groups in total. The summed E-state index contributed by atoms with van der Waals surface area (Å²) >= 11 is 7.15. The van der Waals surface area contributed by atoms with Crippen LogP contribution in [0.3, 0.4) is 0 Å². The summed E-state index contributed by atoms with van der Waals surface area (Å²) in [4.78, 5) is 32.4. The molecule has 2 heterocycles. The first-order valence-corrected chi connectivity index (χ1v) is 11.2. The van der Waals surface area contributed by atoms with Gasteiger partial charge in [0.15, 0.2) is 5.17 Å². The first-order valence-electron chi connectivity index (χ1n) is 9.83. The summed E-state index contributed by atoms with van der Waals surface area (Å²) in [6.07, 6.45) is 3.54. The number of aromatic nitrogens is 1. The molecular formula is C21H20ClFN4O3S. The van der Waals surface area contributed by atoms with Crippen molar-refractivity contribution < 1.29 is 19.1 Å². The second-order valence-corrected chi connectivity index (χ2v) is 8.98. The van der Waals surface area contributed by atoms with Gasteiger partial charge in [-0.15, -0.1) is 0 Å². The Morgan fingerprint density at radius 1 is 1.23 bits per heavy atom. The maximum Gasteiger partial charge on any atom is 0.410 e. The molecule has 1 aromatic heterocycles. The van der Waals surface area contributed by atoms with Crippen molar-refractivity contribution in [3.05, 3.63) is 58.6 Å². The number of thioether (sulfide) groups is 1. The van der Waals surface area contributed by atoms with Crippen molar-refractivity contribution in [2.24, 2.45) is 10.9 Å². The number of pyridine rings is 1. The number of carbonyl (C=O) groups is 2. The third kappa shape index (κ3) is 4.52. The van der Waals surface area contributed by atoms with E-state index in [-0.39, 0.29) is 16.8 Å². The highest BCUT2D eigenvalue weighted by atomic mass is 35.5. The van der Waals surface area contributed by atoms with Crippen LogP contribution in [0.1, 0.15) is 41.7 Å². The van der Waals surface area contributed by atoms with Crippen molar-refractivity contribution in [1.82, 2.24) is 10.3 Å². The molecule has 10 heteroatoms. The molecule has 1 aliphatic heterocycles. The average Bonchev–Trinajstić information content (AvgIpc) is 2.75. The van der Waals surface area contributed by atoms with Crippen LogP contribution in [0.4, 0.5) is 14.9 Å². The maximum absolute atomic E-state index is 15.1. The SMILES string of the molecule is O=C(O)NC1=N[C@@]2(c3cc(NC(=O)c4ccc(Cl)cn4)ccc3F)CCCC[C@H]2CS1. The monoisotopic (exact) mass is 462 g/mol. The van der Waals surface area contributed by atoms with Crippen molar-refractivity contribution in [3.63, 3.8) is 0 Å². The van der Waals surface area contributed by atoms with E-state index in [0.29, 0.717) is 28.4 Å². The first-order chi connectivity index (χ1) is 14.9. The molecule has 2 aromatic rings. The maximum atomic E-state index is 15.1. The minimum Gasteiger partial charge on any atom is -0.465 e. The minimum atomic E-state index is -1.20. The van der Waals surface area contributed by atoms with Crippen molar-refractivity contribution >= 4 is 46.2 Å². The number of halogens is 2. The van der Waals surface area contributed by atoms with Crippen LogP contribution in [0.2, 0.25) is 5.02 Å². The van der Waals surface area contributed by atoms with Crippen LogP contribution in [-0.4, -0.2) is 33.0 Å². The Morgan fingerprint density at radius 3 is 2.81 bits per heavy atom. The summed E-state index contributed by atoms with van der Waals surface area (Å²) in [6, 6.07) is 7.46. The van der Waals surface area contributed by atoms with Crippen LogP contribution in [-0.2, 0) is 5.54 Å². The molecular weight excluding hydrogens is 443 g/mol. The quantitative estimate of drug-likeness (QED) is 0.603. The Labute approximate surface area is 187 Å². The van der Waals surface area contributed by atoms with Crippen LogP contribution >= 0.6 is 23.4 Å². The summed E-state index contributed by atoms with van der Waals surface area (Å²) in [5.74, 6) is -0.157. The zero-order chi connectivity index (χ0) is 22.0. The predicted molar refractivity (Wildman–Crippen MR) is 118 cm³/mol. The molecule has 0 spiro atoms. The number of rotatable bonds is 3. The van der Waals surface area contributed by atoms with Gasteiger partial charge in [0.25, 0.3) is 5.91 Å². The number of anilines is 1. The van der Waals surface area contributed by atoms with Gasteiger partial charge in [0.2, 0.25) is 0 Å². The van der Waals surface area contributed by atoms with Gasteiger partial charge in [0, 0.05) is 23.2 Å². The standard InChI is InChI=1S/C21H20ClFN4O3S/c22-13-4-7-17(24-10-13)18(28)25-14-5-6-16(23)15(9-14)21-8-2-1-3-12(21)11-31-19(27-21)26-20(29)30/h4-7,9-10,12H,1-3,8,11H2,(H,25,28)(H,26,27)(H,29,30)/t12-,21-/m0/s1. The van der Waals surface area contributed by atoms with Gasteiger partial charge in [-0.25, -0.2) is 14.2 Å². The van der Waals surface area contributed by atoms with Crippen molar-refractivity contribution in [1.29, 1.82) is 0 Å². The number of hydrogen-bond acceptors (Lipinski definition) is 5. The lowest BCUT2D eigenvalue weighted by molar-refractivity contribution is 0.102. The number of fused-ring (bicyclic) bond motifs is 1. The van der Waals surface area contributed by atoms with E-state index in [1.807, 2.05) is 0 Å². The summed E-state index contributed by atoms with van der Waals surface area (Å²) in [5.41, 5.74) is 0.0936. The molecule has 0 saturated heterocycles. The summed E-state index contributed by atoms with van der Waals surface area (Å²) < 4.78 is 15.1.